The molecule has 4 nitrogen and oxygen atoms in total. The van der Waals surface area contributed by atoms with Crippen LogP contribution in [-0.4, -0.2) is 21.5 Å². The molecule has 2 N–H and O–H groups in total. The second kappa shape index (κ2) is 4.49. The van der Waals surface area contributed by atoms with Crippen LogP contribution in [0, 0.1) is 5.41 Å². The van der Waals surface area contributed by atoms with Gasteiger partial charge in [0.25, 0.3) is 0 Å². The van der Waals surface area contributed by atoms with Gasteiger partial charge in [-0.1, -0.05) is 6.92 Å². The zero-order valence-electron chi connectivity index (χ0n) is 11.2. The minimum absolute atomic E-state index is 0.183. The molecule has 0 unspecified atom stereocenters. The first-order valence-corrected chi connectivity index (χ1v) is 8.33. The first-order chi connectivity index (χ1) is 8.99. The maximum absolute atomic E-state index is 12.3. The Labute approximate surface area is 114 Å². The second-order valence-corrected chi connectivity index (χ2v) is 7.75. The smallest absolute Gasteiger partial charge is 0.240 e. The first-order valence-electron chi connectivity index (χ1n) is 6.85. The van der Waals surface area contributed by atoms with Gasteiger partial charge in [-0.15, -0.1) is 0 Å². The highest BCUT2D eigenvalue weighted by molar-refractivity contribution is 7.89. The lowest BCUT2D eigenvalue weighted by atomic mass is 10.0. The number of anilines is 1. The van der Waals surface area contributed by atoms with Crippen LogP contribution >= 0.6 is 0 Å². The fourth-order valence-corrected chi connectivity index (χ4v) is 3.61. The number of benzene rings is 1. The lowest BCUT2D eigenvalue weighted by Crippen LogP contribution is -2.29. The fourth-order valence-electron chi connectivity index (χ4n) is 2.36. The number of rotatable bonds is 4. The van der Waals surface area contributed by atoms with Crippen molar-refractivity contribution in [3.63, 3.8) is 0 Å². The summed E-state index contributed by atoms with van der Waals surface area (Å²) >= 11 is 0. The standard InChI is InChI=1S/C14H20N2O2S/c1-14(6-7-14)10-16-19(17,18)12-4-5-13-11(9-12)3-2-8-15-13/h4-5,9,15-16H,2-3,6-8,10H2,1H3. The van der Waals surface area contributed by atoms with E-state index in [1.165, 1.54) is 0 Å². The quantitative estimate of drug-likeness (QED) is 0.888. The van der Waals surface area contributed by atoms with E-state index < -0.39 is 10.0 Å². The predicted molar refractivity (Wildman–Crippen MR) is 75.8 cm³/mol. The molecule has 0 amide bonds. The molecule has 1 fully saturated rings. The van der Waals surface area contributed by atoms with Crippen molar-refractivity contribution < 1.29 is 8.42 Å². The Kier molecular flexibility index (Phi) is 3.06. The van der Waals surface area contributed by atoms with Gasteiger partial charge < -0.3 is 5.32 Å². The molecule has 0 atom stereocenters. The van der Waals surface area contributed by atoms with Crippen LogP contribution in [0.1, 0.15) is 31.7 Å². The van der Waals surface area contributed by atoms with Crippen LogP contribution in [0.25, 0.3) is 0 Å². The number of sulfonamides is 1. The van der Waals surface area contributed by atoms with Crippen molar-refractivity contribution >= 4 is 15.7 Å². The number of aryl methyl sites for hydroxylation is 1. The zero-order valence-corrected chi connectivity index (χ0v) is 12.0. The highest BCUT2D eigenvalue weighted by atomic mass is 32.2. The molecule has 1 heterocycles. The maximum Gasteiger partial charge on any atom is 0.240 e. The molecule has 104 valence electrons. The molecule has 1 aromatic carbocycles. The summed E-state index contributed by atoms with van der Waals surface area (Å²) in [5, 5.41) is 3.29. The maximum atomic E-state index is 12.3. The lowest BCUT2D eigenvalue weighted by Gasteiger charge is -2.19. The molecule has 2 aliphatic rings. The van der Waals surface area contributed by atoms with Crippen LogP contribution < -0.4 is 10.0 Å². The van der Waals surface area contributed by atoms with Gasteiger partial charge in [-0.05, 0) is 54.9 Å². The third-order valence-corrected chi connectivity index (χ3v) is 5.52. The molecule has 19 heavy (non-hydrogen) atoms. The lowest BCUT2D eigenvalue weighted by molar-refractivity contribution is 0.530. The molecular weight excluding hydrogens is 260 g/mol. The molecule has 5 heteroatoms. The van der Waals surface area contributed by atoms with Crippen molar-refractivity contribution in [2.45, 2.75) is 37.5 Å². The van der Waals surface area contributed by atoms with Crippen LogP contribution in [0.2, 0.25) is 0 Å². The van der Waals surface area contributed by atoms with Crippen LogP contribution in [0.3, 0.4) is 0 Å². The summed E-state index contributed by atoms with van der Waals surface area (Å²) in [6, 6.07) is 5.37. The van der Waals surface area contributed by atoms with Gasteiger partial charge in [-0.2, -0.15) is 0 Å². The highest BCUT2D eigenvalue weighted by Crippen LogP contribution is 2.44. The Bertz CT molecular complexity index is 591. The normalized spacial score (nSPS) is 20.5. The summed E-state index contributed by atoms with van der Waals surface area (Å²) in [4.78, 5) is 0.388. The number of nitrogens with one attached hydrogen (secondary N) is 2. The van der Waals surface area contributed by atoms with E-state index in [1.54, 1.807) is 12.1 Å². The molecule has 1 aliphatic carbocycles. The van der Waals surface area contributed by atoms with Gasteiger partial charge in [0.15, 0.2) is 0 Å². The topological polar surface area (TPSA) is 58.2 Å². The molecule has 1 saturated carbocycles. The van der Waals surface area contributed by atoms with E-state index in [2.05, 4.69) is 17.0 Å². The van der Waals surface area contributed by atoms with E-state index >= 15 is 0 Å². The van der Waals surface area contributed by atoms with Crippen molar-refractivity contribution in [3.05, 3.63) is 23.8 Å². The molecule has 0 saturated heterocycles. The third-order valence-electron chi connectivity index (χ3n) is 4.12. The van der Waals surface area contributed by atoms with Crippen molar-refractivity contribution in [2.24, 2.45) is 5.41 Å². The van der Waals surface area contributed by atoms with Crippen molar-refractivity contribution in [2.75, 3.05) is 18.4 Å². The van der Waals surface area contributed by atoms with Gasteiger partial charge in [-0.3, -0.25) is 0 Å². The van der Waals surface area contributed by atoms with E-state index in [4.69, 9.17) is 0 Å². The first kappa shape index (κ1) is 12.9. The molecule has 1 aromatic rings. The van der Waals surface area contributed by atoms with Crippen molar-refractivity contribution in [3.8, 4) is 0 Å². The van der Waals surface area contributed by atoms with Gasteiger partial charge in [0.2, 0.25) is 10.0 Å². The Morgan fingerprint density at radius 2 is 2.16 bits per heavy atom. The summed E-state index contributed by atoms with van der Waals surface area (Å²) in [5.41, 5.74) is 2.36. The van der Waals surface area contributed by atoms with Crippen LogP contribution in [0.5, 0.6) is 0 Å². The number of hydrogen-bond acceptors (Lipinski definition) is 3. The fraction of sp³-hybridized carbons (Fsp3) is 0.571. The molecule has 1 aliphatic heterocycles. The van der Waals surface area contributed by atoms with Crippen LogP contribution in [-0.2, 0) is 16.4 Å². The number of hydrogen-bond donors (Lipinski definition) is 2. The predicted octanol–water partition coefficient (Wildman–Crippen LogP) is 2.12. The number of fused-ring (bicyclic) bond motifs is 1. The minimum Gasteiger partial charge on any atom is -0.385 e. The molecule has 3 rings (SSSR count). The second-order valence-electron chi connectivity index (χ2n) is 5.98. The zero-order chi connectivity index (χ0) is 13.5. The highest BCUT2D eigenvalue weighted by Gasteiger charge is 2.38. The summed E-state index contributed by atoms with van der Waals surface area (Å²) in [6.07, 6.45) is 4.23. The monoisotopic (exact) mass is 280 g/mol. The summed E-state index contributed by atoms with van der Waals surface area (Å²) < 4.78 is 27.3. The van der Waals surface area contributed by atoms with Crippen LogP contribution in [0.4, 0.5) is 5.69 Å². The van der Waals surface area contributed by atoms with Gasteiger partial charge in [0, 0.05) is 18.8 Å². The molecular formula is C14H20N2O2S. The van der Waals surface area contributed by atoms with E-state index in [1.807, 2.05) is 6.07 Å². The van der Waals surface area contributed by atoms with Gasteiger partial charge in [0.1, 0.15) is 0 Å². The summed E-state index contributed by atoms with van der Waals surface area (Å²) in [6.45, 7) is 3.63. The Morgan fingerprint density at radius 3 is 2.89 bits per heavy atom. The average molecular weight is 280 g/mol. The van der Waals surface area contributed by atoms with Gasteiger partial charge >= 0.3 is 0 Å². The van der Waals surface area contributed by atoms with Gasteiger partial charge in [-0.25, -0.2) is 13.1 Å². The van der Waals surface area contributed by atoms with E-state index in [0.717, 1.165) is 43.5 Å². The molecule has 0 bridgehead atoms. The summed E-state index contributed by atoms with van der Waals surface area (Å²) in [5.74, 6) is 0. The Morgan fingerprint density at radius 1 is 1.37 bits per heavy atom. The minimum atomic E-state index is -3.36. The third kappa shape index (κ3) is 2.77. The largest absolute Gasteiger partial charge is 0.385 e. The van der Waals surface area contributed by atoms with E-state index in [9.17, 15) is 8.42 Å². The molecule has 0 radical (unpaired) electrons. The van der Waals surface area contributed by atoms with Crippen molar-refractivity contribution in [1.29, 1.82) is 0 Å². The molecule has 0 aromatic heterocycles. The Hall–Kier alpha value is -1.07. The average Bonchev–Trinajstić information content (AvgIpc) is 3.15. The van der Waals surface area contributed by atoms with Gasteiger partial charge in [0.05, 0.1) is 4.90 Å². The molecule has 0 spiro atoms. The van der Waals surface area contributed by atoms with Crippen molar-refractivity contribution in [1.82, 2.24) is 4.72 Å². The summed E-state index contributed by atoms with van der Waals surface area (Å²) in [7, 11) is -3.36. The van der Waals surface area contributed by atoms with E-state index in [0.29, 0.717) is 11.4 Å². The Balaban J connectivity index is 1.80. The van der Waals surface area contributed by atoms with Crippen LogP contribution in [0.15, 0.2) is 23.1 Å². The SMILES string of the molecule is CC1(CNS(=O)(=O)c2ccc3c(c2)CCCN3)CC1. The van der Waals surface area contributed by atoms with E-state index in [-0.39, 0.29) is 5.41 Å².